The molecule has 4 heterocycles. The summed E-state index contributed by atoms with van der Waals surface area (Å²) in [6.45, 7) is 5.02. The Morgan fingerprint density at radius 1 is 1.19 bits per heavy atom. The van der Waals surface area contributed by atoms with Crippen molar-refractivity contribution in [1.82, 2.24) is 19.7 Å². The van der Waals surface area contributed by atoms with Gasteiger partial charge in [0, 0.05) is 41.9 Å². The molecule has 136 valence electrons. The molecule has 2 aliphatic heterocycles. The maximum absolute atomic E-state index is 5.93. The minimum atomic E-state index is 0.256. The molecule has 26 heavy (non-hydrogen) atoms. The maximum atomic E-state index is 5.93. The molecule has 0 saturated carbocycles. The zero-order valence-electron chi connectivity index (χ0n) is 15.2. The van der Waals surface area contributed by atoms with Crippen molar-refractivity contribution in [2.24, 2.45) is 0 Å². The Morgan fingerprint density at radius 2 is 2.12 bits per heavy atom. The molecule has 2 aromatic heterocycles. The number of rotatable bonds is 4. The van der Waals surface area contributed by atoms with Gasteiger partial charge in [-0.1, -0.05) is 18.2 Å². The molecule has 2 aliphatic rings. The molecule has 2 saturated heterocycles. The van der Waals surface area contributed by atoms with Gasteiger partial charge in [0.05, 0.1) is 12.6 Å². The summed E-state index contributed by atoms with van der Waals surface area (Å²) in [5.74, 6) is 1.93. The first-order valence-corrected chi connectivity index (χ1v) is 9.69. The molecule has 2 fully saturated rings. The van der Waals surface area contributed by atoms with Crippen LogP contribution in [0.25, 0.3) is 22.3 Å². The summed E-state index contributed by atoms with van der Waals surface area (Å²) in [6.07, 6.45) is 7.00. The molecule has 5 rings (SSSR count). The molecule has 0 amide bonds. The van der Waals surface area contributed by atoms with E-state index in [1.807, 2.05) is 0 Å². The lowest BCUT2D eigenvalue weighted by Crippen LogP contribution is -2.30. The molecule has 0 bridgehead atoms. The standard InChI is InChI=1S/C20H25N5O/c1-14-6-4-10-24(14)20-23-22-19(25(20)13-15-7-5-11-26-15)17-12-21-18-9-3-2-8-16(17)18/h2-3,8-9,12,14-15,21H,4-7,10-11,13H2,1H3. The van der Waals surface area contributed by atoms with Crippen LogP contribution >= 0.6 is 0 Å². The van der Waals surface area contributed by atoms with Crippen LogP contribution in [-0.4, -0.2) is 45.0 Å². The SMILES string of the molecule is CC1CCCN1c1nnc(-c2c[nH]c3ccccc23)n1CC1CCCO1. The second-order valence-electron chi connectivity index (χ2n) is 7.50. The first-order chi connectivity index (χ1) is 12.8. The fourth-order valence-corrected chi connectivity index (χ4v) is 4.35. The highest BCUT2D eigenvalue weighted by Gasteiger charge is 2.29. The van der Waals surface area contributed by atoms with Crippen molar-refractivity contribution >= 4 is 16.9 Å². The smallest absolute Gasteiger partial charge is 0.227 e. The Kier molecular flexibility index (Phi) is 3.93. The fraction of sp³-hybridized carbons (Fsp3) is 0.500. The molecular weight excluding hydrogens is 326 g/mol. The highest BCUT2D eigenvalue weighted by Crippen LogP contribution is 2.33. The Hall–Kier alpha value is -2.34. The van der Waals surface area contributed by atoms with E-state index in [2.05, 4.69) is 62.0 Å². The van der Waals surface area contributed by atoms with Crippen LogP contribution in [-0.2, 0) is 11.3 Å². The molecule has 3 aromatic rings. The topological polar surface area (TPSA) is 59.0 Å². The zero-order valence-corrected chi connectivity index (χ0v) is 15.2. The van der Waals surface area contributed by atoms with E-state index in [-0.39, 0.29) is 6.10 Å². The normalized spacial score (nSPS) is 23.3. The van der Waals surface area contributed by atoms with E-state index in [0.717, 1.165) is 55.4 Å². The molecule has 2 atom stereocenters. The number of hydrogen-bond acceptors (Lipinski definition) is 4. The van der Waals surface area contributed by atoms with Crippen LogP contribution in [0.5, 0.6) is 0 Å². The largest absolute Gasteiger partial charge is 0.376 e. The van der Waals surface area contributed by atoms with Crippen molar-refractivity contribution in [3.05, 3.63) is 30.5 Å². The van der Waals surface area contributed by atoms with Crippen LogP contribution in [0.4, 0.5) is 5.95 Å². The number of benzene rings is 1. The van der Waals surface area contributed by atoms with E-state index in [9.17, 15) is 0 Å². The van der Waals surface area contributed by atoms with E-state index in [0.29, 0.717) is 6.04 Å². The van der Waals surface area contributed by atoms with E-state index in [1.165, 1.54) is 18.2 Å². The van der Waals surface area contributed by atoms with Gasteiger partial charge < -0.3 is 14.6 Å². The van der Waals surface area contributed by atoms with Gasteiger partial charge in [0.25, 0.3) is 0 Å². The van der Waals surface area contributed by atoms with E-state index >= 15 is 0 Å². The molecular formula is C20H25N5O. The summed E-state index contributed by atoms with van der Waals surface area (Å²) >= 11 is 0. The molecule has 0 aliphatic carbocycles. The van der Waals surface area contributed by atoms with Crippen LogP contribution in [0.2, 0.25) is 0 Å². The molecule has 0 radical (unpaired) electrons. The van der Waals surface area contributed by atoms with Crippen molar-refractivity contribution < 1.29 is 4.74 Å². The molecule has 1 aromatic carbocycles. The van der Waals surface area contributed by atoms with E-state index < -0.39 is 0 Å². The monoisotopic (exact) mass is 351 g/mol. The van der Waals surface area contributed by atoms with Gasteiger partial charge in [-0.3, -0.25) is 4.57 Å². The predicted molar refractivity (Wildman–Crippen MR) is 102 cm³/mol. The van der Waals surface area contributed by atoms with Gasteiger partial charge in [-0.15, -0.1) is 10.2 Å². The van der Waals surface area contributed by atoms with Gasteiger partial charge in [-0.05, 0) is 38.7 Å². The maximum Gasteiger partial charge on any atom is 0.227 e. The van der Waals surface area contributed by atoms with Crippen LogP contribution in [0.3, 0.4) is 0 Å². The van der Waals surface area contributed by atoms with Crippen LogP contribution < -0.4 is 4.90 Å². The summed E-state index contributed by atoms with van der Waals surface area (Å²) in [7, 11) is 0. The van der Waals surface area contributed by atoms with Crippen molar-refractivity contribution in [3.63, 3.8) is 0 Å². The van der Waals surface area contributed by atoms with E-state index in [1.54, 1.807) is 0 Å². The third-order valence-electron chi connectivity index (χ3n) is 5.78. The summed E-state index contributed by atoms with van der Waals surface area (Å²) in [4.78, 5) is 5.77. The van der Waals surface area contributed by atoms with Gasteiger partial charge in [-0.2, -0.15) is 0 Å². The number of hydrogen-bond donors (Lipinski definition) is 1. The molecule has 6 heteroatoms. The predicted octanol–water partition coefficient (Wildman–Crippen LogP) is 3.59. The highest BCUT2D eigenvalue weighted by molar-refractivity contribution is 5.93. The number of fused-ring (bicyclic) bond motifs is 1. The lowest BCUT2D eigenvalue weighted by atomic mass is 10.1. The Labute approximate surface area is 153 Å². The van der Waals surface area contributed by atoms with Gasteiger partial charge in [-0.25, -0.2) is 0 Å². The number of para-hydroxylation sites is 1. The Morgan fingerprint density at radius 3 is 2.92 bits per heavy atom. The Bertz CT molecular complexity index is 908. The van der Waals surface area contributed by atoms with Crippen LogP contribution in [0.15, 0.2) is 30.5 Å². The summed E-state index contributed by atoms with van der Waals surface area (Å²) < 4.78 is 8.21. The number of anilines is 1. The van der Waals surface area contributed by atoms with Gasteiger partial charge in [0.1, 0.15) is 0 Å². The average molecular weight is 351 g/mol. The molecule has 0 spiro atoms. The minimum absolute atomic E-state index is 0.256. The second kappa shape index (κ2) is 6.43. The van der Waals surface area contributed by atoms with Gasteiger partial charge in [0.2, 0.25) is 5.95 Å². The van der Waals surface area contributed by atoms with Gasteiger partial charge in [0.15, 0.2) is 5.82 Å². The quantitative estimate of drug-likeness (QED) is 0.780. The first kappa shape index (κ1) is 15.9. The zero-order chi connectivity index (χ0) is 17.5. The van der Waals surface area contributed by atoms with Crippen LogP contribution in [0.1, 0.15) is 32.6 Å². The third kappa shape index (κ3) is 2.60. The van der Waals surface area contributed by atoms with Crippen molar-refractivity contribution in [1.29, 1.82) is 0 Å². The third-order valence-corrected chi connectivity index (χ3v) is 5.78. The minimum Gasteiger partial charge on any atom is -0.376 e. The second-order valence-corrected chi connectivity index (χ2v) is 7.50. The van der Waals surface area contributed by atoms with Crippen molar-refractivity contribution in [2.45, 2.75) is 51.3 Å². The number of aromatic nitrogens is 4. The highest BCUT2D eigenvalue weighted by atomic mass is 16.5. The lowest BCUT2D eigenvalue weighted by Gasteiger charge is -2.24. The summed E-state index contributed by atoms with van der Waals surface area (Å²) in [5.41, 5.74) is 2.24. The summed E-state index contributed by atoms with van der Waals surface area (Å²) in [5, 5.41) is 10.4. The molecule has 1 N–H and O–H groups in total. The molecule has 2 unspecified atom stereocenters. The van der Waals surface area contributed by atoms with Crippen molar-refractivity contribution in [3.8, 4) is 11.4 Å². The number of ether oxygens (including phenoxy) is 1. The fourth-order valence-electron chi connectivity index (χ4n) is 4.35. The lowest BCUT2D eigenvalue weighted by molar-refractivity contribution is 0.0975. The average Bonchev–Trinajstić information content (AvgIpc) is 3.42. The van der Waals surface area contributed by atoms with E-state index in [4.69, 9.17) is 4.74 Å². The van der Waals surface area contributed by atoms with Crippen molar-refractivity contribution in [2.75, 3.05) is 18.1 Å². The number of aromatic amines is 1. The number of H-pyrrole nitrogens is 1. The number of nitrogens with zero attached hydrogens (tertiary/aromatic N) is 4. The Balaban J connectivity index is 1.61. The molecule has 6 nitrogen and oxygen atoms in total. The summed E-state index contributed by atoms with van der Waals surface area (Å²) in [6, 6.07) is 8.88. The number of nitrogens with one attached hydrogen (secondary N) is 1. The van der Waals surface area contributed by atoms with Crippen LogP contribution in [0, 0.1) is 0 Å². The first-order valence-electron chi connectivity index (χ1n) is 9.69. The van der Waals surface area contributed by atoms with Gasteiger partial charge >= 0.3 is 0 Å².